The lowest BCUT2D eigenvalue weighted by Gasteiger charge is -2.32. The van der Waals surface area contributed by atoms with Gasteiger partial charge in [0.15, 0.2) is 23.0 Å². The normalized spacial score (nSPS) is 13.2. The number of nitrogens with one attached hydrogen (secondary N) is 2. The number of carbonyl (C=O) groups is 2. The Balaban J connectivity index is 0.000000198. The van der Waals surface area contributed by atoms with Crippen molar-refractivity contribution in [3.63, 3.8) is 0 Å². The second kappa shape index (κ2) is 27.2. The minimum absolute atomic E-state index is 0.00172. The number of ether oxygens (including phenoxy) is 8. The quantitative estimate of drug-likeness (QED) is 0.0517. The molecule has 7 heterocycles. The third-order valence-electron chi connectivity index (χ3n) is 13.2. The van der Waals surface area contributed by atoms with Gasteiger partial charge in [0.2, 0.25) is 23.7 Å². The minimum atomic E-state index is -4.68. The van der Waals surface area contributed by atoms with Crippen molar-refractivity contribution in [2.45, 2.75) is 65.1 Å². The van der Waals surface area contributed by atoms with E-state index in [2.05, 4.69) is 66.7 Å². The van der Waals surface area contributed by atoms with E-state index in [4.69, 9.17) is 47.2 Å². The van der Waals surface area contributed by atoms with E-state index < -0.39 is 54.0 Å². The van der Waals surface area contributed by atoms with E-state index in [0.29, 0.717) is 49.9 Å². The van der Waals surface area contributed by atoms with Crippen LogP contribution in [0.4, 0.5) is 49.6 Å². The molecule has 1 aliphatic rings. The van der Waals surface area contributed by atoms with Gasteiger partial charge in [0.1, 0.15) is 34.1 Å². The van der Waals surface area contributed by atoms with Gasteiger partial charge >= 0.3 is 31.4 Å². The average molecular weight is 1300 g/mol. The Kier molecular flexibility index (Phi) is 20.5. The van der Waals surface area contributed by atoms with Crippen LogP contribution in [0.3, 0.4) is 0 Å². The largest absolute Gasteiger partial charge is 0.497 e. The van der Waals surface area contributed by atoms with Gasteiger partial charge in [-0.15, -0.1) is 0 Å². The Hall–Kier alpha value is -9.30. The van der Waals surface area contributed by atoms with Gasteiger partial charge in [-0.2, -0.15) is 46.5 Å². The summed E-state index contributed by atoms with van der Waals surface area (Å²) in [5.41, 5.74) is -0.0483. The zero-order chi connectivity index (χ0) is 64.6. The molecule has 0 unspecified atom stereocenters. The van der Waals surface area contributed by atoms with Crippen LogP contribution in [-0.4, -0.2) is 137 Å². The molecule has 6 aromatic heterocycles. The van der Waals surface area contributed by atoms with Gasteiger partial charge in [-0.3, -0.25) is 0 Å². The van der Waals surface area contributed by atoms with Gasteiger partial charge in [-0.25, -0.2) is 38.9 Å². The van der Waals surface area contributed by atoms with Crippen LogP contribution in [0.2, 0.25) is 0 Å². The fourth-order valence-electron chi connectivity index (χ4n) is 8.05. The van der Waals surface area contributed by atoms with Crippen molar-refractivity contribution in [1.82, 2.24) is 49.5 Å². The smallest absolute Gasteiger partial charge is 0.496 e. The number of aryl methyl sites for hydroxylation is 2. The number of esters is 2. The first-order valence-electron chi connectivity index (χ1n) is 25.8. The molecule has 2 N–H and O–H groups in total. The van der Waals surface area contributed by atoms with E-state index in [1.807, 2.05) is 27.7 Å². The highest BCUT2D eigenvalue weighted by Gasteiger charge is 2.52. The fraction of sp³-hybridized carbons (Fsp3) is 0.321. The van der Waals surface area contributed by atoms with Gasteiger partial charge in [-0.1, -0.05) is 0 Å². The number of rotatable bonds is 16. The maximum Gasteiger partial charge on any atom is 0.496 e. The highest BCUT2D eigenvalue weighted by Crippen LogP contribution is 2.38. The number of carbonyl (C=O) groups excluding carboxylic acids is 2. The van der Waals surface area contributed by atoms with Gasteiger partial charge < -0.3 is 57.8 Å². The number of aromatic nitrogens is 10. The molecular formula is C56H58BBrF6N12O12. The molecule has 8 aromatic rings. The van der Waals surface area contributed by atoms with E-state index in [1.54, 1.807) is 48.7 Å². The first kappa shape index (κ1) is 66.2. The molecule has 0 aliphatic carbocycles. The molecule has 0 saturated carbocycles. The highest BCUT2D eigenvalue weighted by molar-refractivity contribution is 9.10. The Morgan fingerprint density at radius 2 is 0.943 bits per heavy atom. The topological polar surface area (TPSA) is 263 Å². The Bertz CT molecular complexity index is 3770. The summed E-state index contributed by atoms with van der Waals surface area (Å²) in [6.45, 7) is 10.8. The summed E-state index contributed by atoms with van der Waals surface area (Å²) in [7, 11) is 10.7. The van der Waals surface area contributed by atoms with Crippen molar-refractivity contribution >= 4 is 63.7 Å². The predicted molar refractivity (Wildman–Crippen MR) is 310 cm³/mol. The van der Waals surface area contributed by atoms with E-state index in [1.165, 1.54) is 95.4 Å². The summed E-state index contributed by atoms with van der Waals surface area (Å²) in [6.07, 6.45) is -3.48. The standard InChI is InChI=1S/C25H23F3N6O5.C17H15BrF3N5O2.C14H20BNO5/c1-13-6-20(25(26,27)28)33-34(13)21-19(14-7-18(23(35)39-5)22(38-4)29-11-14)12-30-24(32-21)31-15-8-16(36-2)10-17(9-15)37-3;1-9-4-14(17(19,20)21)25-26(9)15-13(18)8-22-16(24-15)23-10-5-11(27-2)7-12(6-10)28-3;1-13(2)14(3,4)21-15(20-13)9-7-10(12(17)19-6)11(18-5)16-8-9/h6-12H,1-5H3,(H,30,31,32);4-8H,1-3H3,(H,22,23,24);7-8H,1-6H3. The SMILES string of the molecule is COC(=O)c1cc(-c2cnc(Nc3cc(OC)cc(OC)c3)nc2-n2nc(C(F)(F)F)cc2C)cnc1OC.COC(=O)c1cc(B2OC(C)(C)C(C)(C)O2)cnc1OC.COc1cc(Nc2ncc(Br)c(-n3nc(C(F)(F)F)cc3C)n2)cc(OC)c1. The molecule has 0 radical (unpaired) electrons. The molecule has 32 heteroatoms. The van der Waals surface area contributed by atoms with Gasteiger partial charge in [0.05, 0.1) is 72.6 Å². The van der Waals surface area contributed by atoms with Crippen LogP contribution in [0, 0.1) is 13.8 Å². The molecule has 466 valence electrons. The average Bonchev–Trinajstić information content (AvgIpc) is 1.64. The fourth-order valence-corrected chi connectivity index (χ4v) is 8.41. The summed E-state index contributed by atoms with van der Waals surface area (Å²) < 4.78 is 134. The van der Waals surface area contributed by atoms with Crippen molar-refractivity contribution in [3.8, 4) is 57.5 Å². The number of nitrogens with zero attached hydrogens (tertiary/aromatic N) is 10. The van der Waals surface area contributed by atoms with Gasteiger partial charge in [-0.05, 0) is 81.7 Å². The van der Waals surface area contributed by atoms with Crippen LogP contribution in [0.5, 0.6) is 34.8 Å². The number of methoxy groups -OCH3 is 8. The van der Waals surface area contributed by atoms with Crippen molar-refractivity contribution in [2.24, 2.45) is 0 Å². The zero-order valence-electron chi connectivity index (χ0n) is 49.7. The van der Waals surface area contributed by atoms with Crippen molar-refractivity contribution < 1.29 is 83.1 Å². The molecule has 1 saturated heterocycles. The van der Waals surface area contributed by atoms with Crippen LogP contribution in [0.15, 0.2) is 89.9 Å². The molecule has 0 bridgehead atoms. The zero-order valence-corrected chi connectivity index (χ0v) is 51.3. The lowest BCUT2D eigenvalue weighted by Crippen LogP contribution is -2.41. The van der Waals surface area contributed by atoms with Crippen LogP contribution < -0.4 is 44.5 Å². The number of anilines is 4. The Labute approximate surface area is 508 Å². The van der Waals surface area contributed by atoms with Crippen LogP contribution in [0.1, 0.15) is 71.2 Å². The maximum atomic E-state index is 13.5. The van der Waals surface area contributed by atoms with Gasteiger partial charge in [0, 0.05) is 101 Å². The third kappa shape index (κ3) is 15.3. The molecule has 1 aliphatic heterocycles. The monoisotopic (exact) mass is 1290 g/mol. The number of alkyl halides is 6. The highest BCUT2D eigenvalue weighted by atomic mass is 79.9. The molecule has 2 aromatic carbocycles. The van der Waals surface area contributed by atoms with Crippen molar-refractivity contribution in [1.29, 1.82) is 0 Å². The summed E-state index contributed by atoms with van der Waals surface area (Å²) in [4.78, 5) is 49.6. The van der Waals surface area contributed by atoms with Gasteiger partial charge in [0.25, 0.3) is 0 Å². The summed E-state index contributed by atoms with van der Waals surface area (Å²) >= 11 is 3.26. The molecule has 88 heavy (non-hydrogen) atoms. The predicted octanol–water partition coefficient (Wildman–Crippen LogP) is 10.3. The van der Waals surface area contributed by atoms with Crippen LogP contribution in [0.25, 0.3) is 22.8 Å². The van der Waals surface area contributed by atoms with E-state index in [0.717, 1.165) is 21.5 Å². The second-order valence-corrected chi connectivity index (χ2v) is 20.4. The molecule has 9 rings (SSSR count). The third-order valence-corrected chi connectivity index (χ3v) is 13.8. The number of benzene rings is 2. The number of hydrogen-bond donors (Lipinski definition) is 2. The number of hydrogen-bond acceptors (Lipinski definition) is 22. The number of pyridine rings is 2. The first-order valence-corrected chi connectivity index (χ1v) is 26.6. The molecule has 1 fully saturated rings. The van der Waals surface area contributed by atoms with E-state index in [9.17, 15) is 35.9 Å². The van der Waals surface area contributed by atoms with E-state index >= 15 is 0 Å². The van der Waals surface area contributed by atoms with Crippen molar-refractivity contribution in [3.05, 3.63) is 124 Å². The molecule has 0 amide bonds. The lowest BCUT2D eigenvalue weighted by molar-refractivity contribution is -0.142. The molecule has 0 atom stereocenters. The summed E-state index contributed by atoms with van der Waals surface area (Å²) in [6, 6.07) is 15.0. The maximum absolute atomic E-state index is 13.5. The molecule has 0 spiro atoms. The first-order chi connectivity index (χ1) is 41.5. The Morgan fingerprint density at radius 1 is 0.534 bits per heavy atom. The Morgan fingerprint density at radius 3 is 1.35 bits per heavy atom. The summed E-state index contributed by atoms with van der Waals surface area (Å²) in [5, 5.41) is 13.3. The summed E-state index contributed by atoms with van der Waals surface area (Å²) in [5.74, 6) is 1.44. The van der Waals surface area contributed by atoms with Crippen LogP contribution in [-0.2, 0) is 31.1 Å². The lowest BCUT2D eigenvalue weighted by atomic mass is 9.79. The van der Waals surface area contributed by atoms with Crippen molar-refractivity contribution in [2.75, 3.05) is 67.5 Å². The second-order valence-electron chi connectivity index (χ2n) is 19.6. The number of halogens is 7. The minimum Gasteiger partial charge on any atom is -0.497 e. The van der Waals surface area contributed by atoms with Crippen LogP contribution >= 0.6 is 15.9 Å². The molecule has 24 nitrogen and oxygen atoms in total. The molecular weight excluding hydrogens is 1240 g/mol. The van der Waals surface area contributed by atoms with E-state index in [-0.39, 0.29) is 63.4 Å².